The molecule has 1 aliphatic rings. The summed E-state index contributed by atoms with van der Waals surface area (Å²) in [7, 11) is -2.22. The Kier molecular flexibility index (Phi) is 6.88. The Morgan fingerprint density at radius 3 is 2.43 bits per heavy atom. The molecule has 0 saturated heterocycles. The molecule has 3 rings (SSSR count). The molecule has 1 saturated carbocycles. The van der Waals surface area contributed by atoms with Crippen LogP contribution in [0.25, 0.3) is 0 Å². The molecule has 0 radical (unpaired) electrons. The number of halogens is 2. The standard InChI is InChI=1S/C20H22F2N2O5S/c1-28-17-9-2-13(12-18(17)29-20(21)22)10-11-23-19(25)14-3-7-16(8-4-14)30(26,27)24-15-5-6-15/h2-4,7-9,12,15,20,24H,5-6,10-11H2,1H3,(H,23,25). The van der Waals surface area contributed by atoms with Gasteiger partial charge < -0.3 is 14.8 Å². The third kappa shape index (κ3) is 5.90. The average molecular weight is 440 g/mol. The predicted molar refractivity (Wildman–Crippen MR) is 105 cm³/mol. The normalized spacial score (nSPS) is 13.9. The van der Waals surface area contributed by atoms with E-state index in [0.29, 0.717) is 17.5 Å². The maximum Gasteiger partial charge on any atom is 0.387 e. The summed E-state index contributed by atoms with van der Waals surface area (Å²) < 4.78 is 61.3. The topological polar surface area (TPSA) is 93.7 Å². The highest BCUT2D eigenvalue weighted by Crippen LogP contribution is 2.29. The molecule has 0 aromatic heterocycles. The molecule has 0 unspecified atom stereocenters. The number of sulfonamides is 1. The van der Waals surface area contributed by atoms with Crippen molar-refractivity contribution in [2.75, 3.05) is 13.7 Å². The Labute approximate surface area is 173 Å². The molecule has 0 spiro atoms. The first kappa shape index (κ1) is 22.0. The second kappa shape index (κ2) is 9.40. The Hall–Kier alpha value is -2.72. The van der Waals surface area contributed by atoms with E-state index in [9.17, 15) is 22.0 Å². The molecule has 2 aromatic carbocycles. The summed E-state index contributed by atoms with van der Waals surface area (Å²) in [5.41, 5.74) is 0.996. The molecule has 1 amide bonds. The SMILES string of the molecule is COc1ccc(CCNC(=O)c2ccc(S(=O)(=O)NC3CC3)cc2)cc1OC(F)F. The summed E-state index contributed by atoms with van der Waals surface area (Å²) in [4.78, 5) is 12.4. The van der Waals surface area contributed by atoms with Gasteiger partial charge in [-0.2, -0.15) is 8.78 Å². The van der Waals surface area contributed by atoms with Crippen molar-refractivity contribution < 1.29 is 31.5 Å². The Morgan fingerprint density at radius 2 is 1.83 bits per heavy atom. The molecule has 0 heterocycles. The molecular formula is C20H22F2N2O5S. The maximum absolute atomic E-state index is 12.5. The molecule has 10 heteroatoms. The van der Waals surface area contributed by atoms with Gasteiger partial charge in [-0.05, 0) is 61.2 Å². The zero-order chi connectivity index (χ0) is 21.7. The van der Waals surface area contributed by atoms with Crippen LogP contribution in [0.4, 0.5) is 8.78 Å². The van der Waals surface area contributed by atoms with Crippen molar-refractivity contribution in [2.45, 2.75) is 36.8 Å². The Morgan fingerprint density at radius 1 is 1.13 bits per heavy atom. The van der Waals surface area contributed by atoms with Gasteiger partial charge in [0.1, 0.15) is 0 Å². The fourth-order valence-electron chi connectivity index (χ4n) is 2.76. The van der Waals surface area contributed by atoms with Gasteiger partial charge in [-0.25, -0.2) is 13.1 Å². The van der Waals surface area contributed by atoms with Crippen LogP contribution >= 0.6 is 0 Å². The Bertz CT molecular complexity index is 993. The van der Waals surface area contributed by atoms with Crippen LogP contribution in [0.3, 0.4) is 0 Å². The lowest BCUT2D eigenvalue weighted by Crippen LogP contribution is -2.27. The van der Waals surface area contributed by atoms with Crippen molar-refractivity contribution in [3.05, 3.63) is 53.6 Å². The molecule has 2 N–H and O–H groups in total. The number of hydrogen-bond donors (Lipinski definition) is 2. The summed E-state index contributed by atoms with van der Waals surface area (Å²) in [6, 6.07) is 10.3. The van der Waals surface area contributed by atoms with Crippen LogP contribution in [0, 0.1) is 0 Å². The van der Waals surface area contributed by atoms with Crippen LogP contribution in [-0.2, 0) is 16.4 Å². The quantitative estimate of drug-likeness (QED) is 0.593. The summed E-state index contributed by atoms with van der Waals surface area (Å²) >= 11 is 0. The number of carbonyl (C=O) groups is 1. The molecule has 1 fully saturated rings. The number of carbonyl (C=O) groups excluding carboxylic acids is 1. The Balaban J connectivity index is 1.55. The van der Waals surface area contributed by atoms with Gasteiger partial charge in [0.25, 0.3) is 5.91 Å². The second-order valence-electron chi connectivity index (χ2n) is 6.79. The van der Waals surface area contributed by atoms with Crippen molar-refractivity contribution in [1.29, 1.82) is 0 Å². The minimum atomic E-state index is -3.57. The van der Waals surface area contributed by atoms with E-state index in [0.717, 1.165) is 12.8 Å². The monoisotopic (exact) mass is 440 g/mol. The largest absolute Gasteiger partial charge is 0.493 e. The lowest BCUT2D eigenvalue weighted by molar-refractivity contribution is -0.0512. The first-order valence-electron chi connectivity index (χ1n) is 9.31. The molecule has 30 heavy (non-hydrogen) atoms. The third-order valence-electron chi connectivity index (χ3n) is 4.47. The van der Waals surface area contributed by atoms with E-state index >= 15 is 0 Å². The van der Waals surface area contributed by atoms with Crippen molar-refractivity contribution >= 4 is 15.9 Å². The minimum absolute atomic E-state index is 0.00235. The molecule has 0 aliphatic heterocycles. The molecule has 1 aliphatic carbocycles. The fraction of sp³-hybridized carbons (Fsp3) is 0.350. The predicted octanol–water partition coefficient (Wildman–Crippen LogP) is 2.71. The summed E-state index contributed by atoms with van der Waals surface area (Å²) in [5, 5.41) is 2.71. The van der Waals surface area contributed by atoms with E-state index < -0.39 is 16.6 Å². The van der Waals surface area contributed by atoms with E-state index in [1.807, 2.05) is 0 Å². The number of ether oxygens (including phenoxy) is 2. The lowest BCUT2D eigenvalue weighted by atomic mass is 10.1. The van der Waals surface area contributed by atoms with Crippen molar-refractivity contribution in [3.63, 3.8) is 0 Å². The number of rotatable bonds is 10. The molecule has 0 bridgehead atoms. The van der Waals surface area contributed by atoms with E-state index in [2.05, 4.69) is 14.8 Å². The zero-order valence-electron chi connectivity index (χ0n) is 16.2. The number of benzene rings is 2. The van der Waals surface area contributed by atoms with E-state index in [1.165, 1.54) is 43.5 Å². The van der Waals surface area contributed by atoms with E-state index in [-0.39, 0.29) is 34.9 Å². The van der Waals surface area contributed by atoms with Crippen LogP contribution < -0.4 is 19.5 Å². The van der Waals surface area contributed by atoms with E-state index in [1.54, 1.807) is 6.07 Å². The van der Waals surface area contributed by atoms with Crippen molar-refractivity contribution in [1.82, 2.24) is 10.0 Å². The van der Waals surface area contributed by atoms with Gasteiger partial charge in [0.2, 0.25) is 10.0 Å². The number of nitrogens with one attached hydrogen (secondary N) is 2. The smallest absolute Gasteiger partial charge is 0.387 e. The molecule has 162 valence electrons. The van der Waals surface area contributed by atoms with Gasteiger partial charge in [-0.15, -0.1) is 0 Å². The first-order chi connectivity index (χ1) is 14.3. The van der Waals surface area contributed by atoms with Crippen LogP contribution in [0.5, 0.6) is 11.5 Å². The number of alkyl halides is 2. The molecule has 2 aromatic rings. The third-order valence-corrected chi connectivity index (χ3v) is 6.01. The fourth-order valence-corrected chi connectivity index (χ4v) is 4.07. The maximum atomic E-state index is 12.5. The highest BCUT2D eigenvalue weighted by Gasteiger charge is 2.27. The van der Waals surface area contributed by atoms with Crippen LogP contribution in [-0.4, -0.2) is 40.6 Å². The van der Waals surface area contributed by atoms with E-state index in [4.69, 9.17) is 4.74 Å². The number of methoxy groups -OCH3 is 1. The second-order valence-corrected chi connectivity index (χ2v) is 8.50. The minimum Gasteiger partial charge on any atom is -0.493 e. The summed E-state index contributed by atoms with van der Waals surface area (Å²) in [5.74, 6) is -0.256. The average Bonchev–Trinajstić information content (AvgIpc) is 3.51. The number of amides is 1. The molecule has 0 atom stereocenters. The van der Waals surface area contributed by atoms with Gasteiger partial charge in [0.05, 0.1) is 12.0 Å². The van der Waals surface area contributed by atoms with Gasteiger partial charge in [-0.1, -0.05) is 6.07 Å². The molecule has 7 nitrogen and oxygen atoms in total. The highest BCUT2D eigenvalue weighted by molar-refractivity contribution is 7.89. The highest BCUT2D eigenvalue weighted by atomic mass is 32.2. The summed E-state index contributed by atoms with van der Waals surface area (Å²) in [6.07, 6.45) is 2.06. The van der Waals surface area contributed by atoms with Crippen LogP contribution in [0.1, 0.15) is 28.8 Å². The van der Waals surface area contributed by atoms with Crippen LogP contribution in [0.2, 0.25) is 0 Å². The lowest BCUT2D eigenvalue weighted by Gasteiger charge is -2.12. The zero-order valence-corrected chi connectivity index (χ0v) is 17.0. The van der Waals surface area contributed by atoms with Gasteiger partial charge >= 0.3 is 6.61 Å². The van der Waals surface area contributed by atoms with Gasteiger partial charge in [0, 0.05) is 18.2 Å². The molecular weight excluding hydrogens is 418 g/mol. The van der Waals surface area contributed by atoms with Gasteiger partial charge in [-0.3, -0.25) is 4.79 Å². The summed E-state index contributed by atoms with van der Waals surface area (Å²) in [6.45, 7) is -2.72. The van der Waals surface area contributed by atoms with Crippen molar-refractivity contribution in [2.24, 2.45) is 0 Å². The van der Waals surface area contributed by atoms with Gasteiger partial charge in [0.15, 0.2) is 11.5 Å². The number of hydrogen-bond acceptors (Lipinski definition) is 5. The van der Waals surface area contributed by atoms with Crippen LogP contribution in [0.15, 0.2) is 47.4 Å². The first-order valence-corrected chi connectivity index (χ1v) is 10.8. The van der Waals surface area contributed by atoms with Crippen molar-refractivity contribution in [3.8, 4) is 11.5 Å².